The van der Waals surface area contributed by atoms with Gasteiger partial charge >= 0.3 is 0 Å². The Morgan fingerprint density at radius 1 is 0.514 bits per heavy atom. The van der Waals surface area contributed by atoms with E-state index in [1.165, 1.54) is 72.7 Å². The van der Waals surface area contributed by atoms with Crippen LogP contribution in [0.1, 0.15) is 44.5 Å². The summed E-state index contributed by atoms with van der Waals surface area (Å²) in [6, 6.07) is 27.3. The van der Waals surface area contributed by atoms with Crippen LogP contribution in [0.4, 0.5) is 17.1 Å². The monoisotopic (exact) mass is 446 g/mol. The Labute approximate surface area is 204 Å². The topological polar surface area (TPSA) is 16.1 Å². The second-order valence-electron chi connectivity index (χ2n) is 10.3. The van der Waals surface area contributed by atoms with Gasteiger partial charge in [0.1, 0.15) is 0 Å². The van der Waals surface area contributed by atoms with Gasteiger partial charge in [-0.25, -0.2) is 0 Å². The molecule has 164 valence electrons. The fraction of sp³-hybridized carbons (Fsp3) is 0.121. The van der Waals surface area contributed by atoms with Gasteiger partial charge in [0.2, 0.25) is 0 Å². The zero-order chi connectivity index (χ0) is 22.7. The Morgan fingerprint density at radius 2 is 1.23 bits per heavy atom. The van der Waals surface area contributed by atoms with E-state index < -0.39 is 0 Å². The Hall–Kier alpha value is -4.17. The number of hydrogen-bond donors (Lipinski definition) is 0. The highest BCUT2D eigenvalue weighted by Gasteiger charge is 2.37. The number of fused-ring (bicyclic) bond motifs is 12. The van der Waals surface area contributed by atoms with Gasteiger partial charge in [-0.15, -0.1) is 0 Å². The van der Waals surface area contributed by atoms with Crippen molar-refractivity contribution in [2.24, 2.45) is 0 Å². The summed E-state index contributed by atoms with van der Waals surface area (Å²) in [5.41, 5.74) is 21.6. The summed E-state index contributed by atoms with van der Waals surface area (Å²) in [6.45, 7) is 0. The van der Waals surface area contributed by atoms with E-state index in [0.29, 0.717) is 0 Å². The first-order valence-electron chi connectivity index (χ1n) is 12.6. The van der Waals surface area contributed by atoms with E-state index >= 15 is 0 Å². The van der Waals surface area contributed by atoms with Crippen molar-refractivity contribution in [3.63, 3.8) is 0 Å². The maximum Gasteiger partial charge on any atom is 0.0535 e. The van der Waals surface area contributed by atoms with E-state index in [4.69, 9.17) is 0 Å². The summed E-state index contributed by atoms with van der Waals surface area (Å²) < 4.78 is 0. The molecule has 0 radical (unpaired) electrons. The molecule has 1 aromatic heterocycles. The van der Waals surface area contributed by atoms with E-state index in [1.807, 2.05) is 6.20 Å². The molecule has 0 fully saturated rings. The first-order chi connectivity index (χ1) is 17.3. The number of anilines is 3. The Kier molecular flexibility index (Phi) is 3.27. The first-order valence-corrected chi connectivity index (χ1v) is 12.6. The number of hydrogen-bond acceptors (Lipinski definition) is 2. The molecule has 35 heavy (non-hydrogen) atoms. The van der Waals surface area contributed by atoms with Crippen LogP contribution in [0.25, 0.3) is 22.3 Å². The minimum absolute atomic E-state index is 0.962. The average molecular weight is 447 g/mol. The van der Waals surface area contributed by atoms with Crippen LogP contribution in [0.3, 0.4) is 0 Å². The molecule has 3 heterocycles. The highest BCUT2D eigenvalue weighted by molar-refractivity contribution is 5.95. The van der Waals surface area contributed by atoms with Gasteiger partial charge in [0.25, 0.3) is 0 Å². The van der Waals surface area contributed by atoms with Crippen molar-refractivity contribution in [1.29, 1.82) is 0 Å². The van der Waals surface area contributed by atoms with E-state index in [9.17, 15) is 0 Å². The van der Waals surface area contributed by atoms with Gasteiger partial charge in [0.15, 0.2) is 0 Å². The van der Waals surface area contributed by atoms with Gasteiger partial charge in [0.05, 0.1) is 11.4 Å². The first kappa shape index (κ1) is 18.2. The van der Waals surface area contributed by atoms with Gasteiger partial charge in [-0.05, 0) is 97.8 Å². The molecular formula is C33H22N2. The summed E-state index contributed by atoms with van der Waals surface area (Å²) >= 11 is 0. The molecule has 4 aromatic carbocycles. The molecule has 4 aliphatic rings. The molecule has 2 aliphatic heterocycles. The van der Waals surface area contributed by atoms with Gasteiger partial charge in [-0.3, -0.25) is 4.98 Å². The molecule has 2 heteroatoms. The standard InChI is InChI=1S/C33H22N2/c1-3-7-23-19(5-1)14-26-24(23)9-10-25-27-15-21-13-20-6-2-4-8-31(20)35-32-11-12-34-18-22(32)16-30(33(21)35)29(27)17-28(25)26/h1-12,15,18H,13-14,16-17H2. The van der Waals surface area contributed by atoms with Crippen molar-refractivity contribution in [1.82, 2.24) is 4.98 Å². The predicted octanol–water partition coefficient (Wildman–Crippen LogP) is 7.50. The third-order valence-corrected chi connectivity index (χ3v) is 8.67. The van der Waals surface area contributed by atoms with Crippen molar-refractivity contribution >= 4 is 17.1 Å². The predicted molar refractivity (Wildman–Crippen MR) is 141 cm³/mol. The number of rotatable bonds is 0. The van der Waals surface area contributed by atoms with Crippen molar-refractivity contribution < 1.29 is 0 Å². The van der Waals surface area contributed by atoms with E-state index in [1.54, 1.807) is 11.1 Å². The summed E-state index contributed by atoms with van der Waals surface area (Å²) in [6.07, 6.45) is 8.06. The van der Waals surface area contributed by atoms with Crippen molar-refractivity contribution in [3.8, 4) is 22.3 Å². The number of para-hydroxylation sites is 1. The fourth-order valence-electron chi connectivity index (χ4n) is 7.20. The van der Waals surface area contributed by atoms with Crippen LogP contribution in [-0.4, -0.2) is 4.98 Å². The minimum atomic E-state index is 0.962. The quantitative estimate of drug-likeness (QED) is 0.240. The molecule has 0 unspecified atom stereocenters. The molecule has 0 atom stereocenters. The SMILES string of the molecule is c1ccc2c(c1)Cc1c-2ccc2c1Cc1c-2cc2c3c1Cc1cnccc1N3c1ccccc1C2. The second kappa shape index (κ2) is 6.28. The third-order valence-electron chi connectivity index (χ3n) is 8.67. The molecule has 0 N–H and O–H groups in total. The van der Waals surface area contributed by atoms with Crippen molar-refractivity contribution in [2.75, 3.05) is 4.90 Å². The summed E-state index contributed by atoms with van der Waals surface area (Å²) in [5.74, 6) is 0. The molecule has 0 saturated heterocycles. The molecule has 0 saturated carbocycles. The summed E-state index contributed by atoms with van der Waals surface area (Å²) in [5, 5.41) is 0. The number of pyridine rings is 1. The van der Waals surface area contributed by atoms with Crippen LogP contribution >= 0.6 is 0 Å². The number of nitrogens with zero attached hydrogens (tertiary/aromatic N) is 2. The van der Waals surface area contributed by atoms with Crippen LogP contribution in [0, 0.1) is 0 Å². The molecule has 2 nitrogen and oxygen atoms in total. The molecule has 9 rings (SSSR count). The fourth-order valence-corrected chi connectivity index (χ4v) is 7.20. The highest BCUT2D eigenvalue weighted by atomic mass is 15.2. The third kappa shape index (κ3) is 2.23. The van der Waals surface area contributed by atoms with Crippen LogP contribution in [0.5, 0.6) is 0 Å². The largest absolute Gasteiger partial charge is 0.309 e. The zero-order valence-corrected chi connectivity index (χ0v) is 19.3. The molecular weight excluding hydrogens is 424 g/mol. The second-order valence-corrected chi connectivity index (χ2v) is 10.3. The minimum Gasteiger partial charge on any atom is -0.309 e. The summed E-state index contributed by atoms with van der Waals surface area (Å²) in [7, 11) is 0. The van der Waals surface area contributed by atoms with Gasteiger partial charge in [0, 0.05) is 30.9 Å². The lowest BCUT2D eigenvalue weighted by molar-refractivity contribution is 0.982. The smallest absolute Gasteiger partial charge is 0.0535 e. The summed E-state index contributed by atoms with van der Waals surface area (Å²) in [4.78, 5) is 7.03. The zero-order valence-electron chi connectivity index (χ0n) is 19.3. The van der Waals surface area contributed by atoms with Crippen molar-refractivity contribution in [3.05, 3.63) is 130 Å². The van der Waals surface area contributed by atoms with Crippen LogP contribution < -0.4 is 4.90 Å². The lowest BCUT2D eigenvalue weighted by Gasteiger charge is -2.40. The maximum absolute atomic E-state index is 4.51. The number of benzene rings is 4. The van der Waals surface area contributed by atoms with E-state index in [-0.39, 0.29) is 0 Å². The van der Waals surface area contributed by atoms with Crippen LogP contribution in [-0.2, 0) is 25.7 Å². The lowest BCUT2D eigenvalue weighted by Crippen LogP contribution is -2.25. The molecule has 2 aliphatic carbocycles. The molecule has 5 aromatic rings. The molecule has 0 bridgehead atoms. The molecule has 0 amide bonds. The van der Waals surface area contributed by atoms with Gasteiger partial charge in [-0.2, -0.15) is 0 Å². The Balaban J connectivity index is 1.30. The maximum atomic E-state index is 4.51. The Morgan fingerprint density at radius 3 is 2.17 bits per heavy atom. The normalized spacial score (nSPS) is 14.9. The molecule has 0 spiro atoms. The number of aromatic nitrogens is 1. The lowest BCUT2D eigenvalue weighted by atomic mass is 9.83. The van der Waals surface area contributed by atoms with E-state index in [0.717, 1.165) is 25.7 Å². The highest BCUT2D eigenvalue weighted by Crippen LogP contribution is 2.55. The van der Waals surface area contributed by atoms with Gasteiger partial charge in [-0.1, -0.05) is 54.6 Å². The average Bonchev–Trinajstić information content (AvgIpc) is 3.47. The van der Waals surface area contributed by atoms with Crippen LogP contribution in [0.2, 0.25) is 0 Å². The Bertz CT molecular complexity index is 1750. The van der Waals surface area contributed by atoms with Gasteiger partial charge < -0.3 is 4.90 Å². The van der Waals surface area contributed by atoms with Crippen molar-refractivity contribution in [2.45, 2.75) is 25.7 Å². The van der Waals surface area contributed by atoms with Crippen LogP contribution in [0.15, 0.2) is 85.2 Å². The van der Waals surface area contributed by atoms with E-state index in [2.05, 4.69) is 88.9 Å².